The van der Waals surface area contributed by atoms with Crippen molar-refractivity contribution in [3.8, 4) is 11.5 Å². The monoisotopic (exact) mass is 253 g/mol. The molecule has 0 aliphatic carbocycles. The molecule has 2 aromatic carbocycles. The lowest BCUT2D eigenvalue weighted by Crippen LogP contribution is -1.96. The molecule has 0 N–H and O–H groups in total. The van der Waals surface area contributed by atoms with Crippen molar-refractivity contribution < 1.29 is 9.47 Å². The van der Waals surface area contributed by atoms with Gasteiger partial charge in [-0.05, 0) is 37.3 Å². The Bertz CT molecular complexity index is 737. The third-order valence-electron chi connectivity index (χ3n) is 3.13. The van der Waals surface area contributed by atoms with Gasteiger partial charge < -0.3 is 9.47 Å². The summed E-state index contributed by atoms with van der Waals surface area (Å²) < 4.78 is 11.1. The van der Waals surface area contributed by atoms with Crippen LogP contribution in [-0.2, 0) is 0 Å². The molecule has 0 radical (unpaired) electrons. The largest absolute Gasteiger partial charge is 0.497 e. The molecule has 0 spiro atoms. The molecular formula is C16H15NO2. The first kappa shape index (κ1) is 11.8. The Hall–Kier alpha value is -2.29. The number of pyridine rings is 1. The Balaban J connectivity index is 2.41. The van der Waals surface area contributed by atoms with Crippen LogP contribution in [0.25, 0.3) is 21.8 Å². The Morgan fingerprint density at radius 3 is 2.58 bits per heavy atom. The Labute approximate surface area is 111 Å². The molecule has 96 valence electrons. The molecule has 3 aromatic rings. The molecule has 0 amide bonds. The van der Waals surface area contributed by atoms with E-state index in [1.807, 2.05) is 49.4 Å². The van der Waals surface area contributed by atoms with Crippen molar-refractivity contribution in [1.82, 2.24) is 4.98 Å². The van der Waals surface area contributed by atoms with Gasteiger partial charge in [0.25, 0.3) is 0 Å². The lowest BCUT2D eigenvalue weighted by atomic mass is 10.1. The number of nitrogens with zero attached hydrogens (tertiary/aromatic N) is 1. The number of rotatable bonds is 3. The van der Waals surface area contributed by atoms with Gasteiger partial charge in [-0.1, -0.05) is 12.1 Å². The molecule has 3 rings (SSSR count). The van der Waals surface area contributed by atoms with Crippen LogP contribution in [0.3, 0.4) is 0 Å². The minimum Gasteiger partial charge on any atom is -0.497 e. The zero-order valence-electron chi connectivity index (χ0n) is 11.0. The van der Waals surface area contributed by atoms with Crippen LogP contribution in [0.15, 0.2) is 42.5 Å². The number of ether oxygens (including phenoxy) is 2. The summed E-state index contributed by atoms with van der Waals surface area (Å²) in [6.45, 7) is 2.61. The number of fused-ring (bicyclic) bond motifs is 2. The fraction of sp³-hybridized carbons (Fsp3) is 0.188. The van der Waals surface area contributed by atoms with Crippen molar-refractivity contribution in [1.29, 1.82) is 0 Å². The van der Waals surface area contributed by atoms with Crippen molar-refractivity contribution in [3.05, 3.63) is 42.5 Å². The van der Waals surface area contributed by atoms with E-state index in [0.717, 1.165) is 33.3 Å². The number of benzene rings is 2. The van der Waals surface area contributed by atoms with Gasteiger partial charge in [-0.2, -0.15) is 0 Å². The van der Waals surface area contributed by atoms with E-state index in [1.54, 1.807) is 7.11 Å². The van der Waals surface area contributed by atoms with Gasteiger partial charge in [-0.3, -0.25) is 0 Å². The van der Waals surface area contributed by atoms with Crippen LogP contribution >= 0.6 is 0 Å². The predicted octanol–water partition coefficient (Wildman–Crippen LogP) is 3.80. The quantitative estimate of drug-likeness (QED) is 0.665. The standard InChI is InChI=1S/C16H15NO2/c1-3-19-16-12-6-4-5-7-14(12)17-15-9-8-11(18-2)10-13(15)16/h4-10H,3H2,1-2H3. The first-order chi connectivity index (χ1) is 9.33. The Morgan fingerprint density at radius 2 is 1.79 bits per heavy atom. The topological polar surface area (TPSA) is 31.4 Å². The van der Waals surface area contributed by atoms with Crippen molar-refractivity contribution >= 4 is 21.8 Å². The number of aromatic nitrogens is 1. The van der Waals surface area contributed by atoms with Gasteiger partial charge in [0, 0.05) is 10.8 Å². The van der Waals surface area contributed by atoms with Gasteiger partial charge in [-0.25, -0.2) is 4.98 Å². The molecule has 0 fully saturated rings. The second kappa shape index (κ2) is 4.76. The van der Waals surface area contributed by atoms with Crippen LogP contribution < -0.4 is 9.47 Å². The van der Waals surface area contributed by atoms with E-state index in [2.05, 4.69) is 4.98 Å². The maximum absolute atomic E-state index is 5.84. The summed E-state index contributed by atoms with van der Waals surface area (Å²) in [5, 5.41) is 2.02. The highest BCUT2D eigenvalue weighted by molar-refractivity contribution is 6.01. The third kappa shape index (κ3) is 1.97. The number of para-hydroxylation sites is 1. The van der Waals surface area contributed by atoms with Crippen LogP contribution in [0.5, 0.6) is 11.5 Å². The van der Waals surface area contributed by atoms with E-state index in [1.165, 1.54) is 0 Å². The van der Waals surface area contributed by atoms with E-state index >= 15 is 0 Å². The summed E-state index contributed by atoms with van der Waals surface area (Å²) in [5.74, 6) is 1.69. The molecule has 0 saturated heterocycles. The van der Waals surface area contributed by atoms with Gasteiger partial charge in [0.15, 0.2) is 0 Å². The van der Waals surface area contributed by atoms with Crippen LogP contribution in [0.2, 0.25) is 0 Å². The minimum atomic E-state index is 0.625. The van der Waals surface area contributed by atoms with Crippen molar-refractivity contribution in [2.45, 2.75) is 6.92 Å². The summed E-state index contributed by atoms with van der Waals surface area (Å²) in [5.41, 5.74) is 1.87. The molecule has 0 bridgehead atoms. The second-order valence-corrected chi connectivity index (χ2v) is 4.27. The number of methoxy groups -OCH3 is 1. The van der Waals surface area contributed by atoms with Crippen LogP contribution in [0.1, 0.15) is 6.92 Å². The zero-order valence-corrected chi connectivity index (χ0v) is 11.0. The van der Waals surface area contributed by atoms with E-state index < -0.39 is 0 Å². The average Bonchev–Trinajstić information content (AvgIpc) is 2.47. The van der Waals surface area contributed by atoms with Gasteiger partial charge in [0.05, 0.1) is 24.8 Å². The lowest BCUT2D eigenvalue weighted by Gasteiger charge is -2.12. The Morgan fingerprint density at radius 1 is 1.00 bits per heavy atom. The van der Waals surface area contributed by atoms with Crippen LogP contribution in [-0.4, -0.2) is 18.7 Å². The fourth-order valence-corrected chi connectivity index (χ4v) is 2.26. The summed E-state index contributed by atoms with van der Waals surface area (Å²) in [7, 11) is 1.66. The number of hydrogen-bond donors (Lipinski definition) is 0. The van der Waals surface area contributed by atoms with Crippen molar-refractivity contribution in [3.63, 3.8) is 0 Å². The van der Waals surface area contributed by atoms with Gasteiger partial charge in [-0.15, -0.1) is 0 Å². The van der Waals surface area contributed by atoms with Crippen molar-refractivity contribution in [2.24, 2.45) is 0 Å². The molecule has 0 atom stereocenters. The minimum absolute atomic E-state index is 0.625. The maximum Gasteiger partial charge on any atom is 0.138 e. The SMILES string of the molecule is CCOc1c2ccccc2nc2ccc(OC)cc12. The van der Waals surface area contributed by atoms with Crippen LogP contribution in [0, 0.1) is 0 Å². The molecule has 0 unspecified atom stereocenters. The highest BCUT2D eigenvalue weighted by atomic mass is 16.5. The first-order valence-corrected chi connectivity index (χ1v) is 6.32. The van der Waals surface area contributed by atoms with E-state index in [-0.39, 0.29) is 0 Å². The molecule has 19 heavy (non-hydrogen) atoms. The molecule has 0 saturated carbocycles. The normalized spacial score (nSPS) is 10.8. The predicted molar refractivity (Wildman–Crippen MR) is 77.0 cm³/mol. The van der Waals surface area contributed by atoms with Crippen molar-refractivity contribution in [2.75, 3.05) is 13.7 Å². The molecule has 0 aliphatic rings. The summed E-state index contributed by atoms with van der Waals surface area (Å²) in [6, 6.07) is 13.9. The highest BCUT2D eigenvalue weighted by Gasteiger charge is 2.10. The number of hydrogen-bond acceptors (Lipinski definition) is 3. The zero-order chi connectivity index (χ0) is 13.2. The Kier molecular flexibility index (Phi) is 2.95. The van der Waals surface area contributed by atoms with E-state index in [4.69, 9.17) is 9.47 Å². The fourth-order valence-electron chi connectivity index (χ4n) is 2.26. The van der Waals surface area contributed by atoms with Gasteiger partial charge in [0.2, 0.25) is 0 Å². The van der Waals surface area contributed by atoms with Gasteiger partial charge in [0.1, 0.15) is 11.5 Å². The maximum atomic E-state index is 5.84. The lowest BCUT2D eigenvalue weighted by molar-refractivity contribution is 0.348. The molecule has 1 aromatic heterocycles. The van der Waals surface area contributed by atoms with E-state index in [0.29, 0.717) is 6.61 Å². The van der Waals surface area contributed by atoms with Crippen LogP contribution in [0.4, 0.5) is 0 Å². The smallest absolute Gasteiger partial charge is 0.138 e. The summed E-state index contributed by atoms with van der Waals surface area (Å²) >= 11 is 0. The summed E-state index contributed by atoms with van der Waals surface area (Å²) in [6.07, 6.45) is 0. The highest BCUT2D eigenvalue weighted by Crippen LogP contribution is 2.34. The second-order valence-electron chi connectivity index (χ2n) is 4.27. The molecular weight excluding hydrogens is 238 g/mol. The molecule has 1 heterocycles. The summed E-state index contributed by atoms with van der Waals surface area (Å²) in [4.78, 5) is 4.66. The van der Waals surface area contributed by atoms with Gasteiger partial charge >= 0.3 is 0 Å². The molecule has 3 nitrogen and oxygen atoms in total. The molecule has 3 heteroatoms. The molecule has 0 aliphatic heterocycles. The average molecular weight is 253 g/mol. The third-order valence-corrected chi connectivity index (χ3v) is 3.13. The van der Waals surface area contributed by atoms with E-state index in [9.17, 15) is 0 Å². The first-order valence-electron chi connectivity index (χ1n) is 6.32.